The lowest BCUT2D eigenvalue weighted by molar-refractivity contribution is 0.444. The number of aromatic amines is 1. The standard InChI is InChI=1S/C10H9NO/c1-2-7-10-9(5-1)6-3-4-8-11-12-10/h1-8,11H. The van der Waals surface area contributed by atoms with E-state index in [0.717, 1.165) is 11.0 Å². The summed E-state index contributed by atoms with van der Waals surface area (Å²) < 4.78 is 5.24. The van der Waals surface area contributed by atoms with Gasteiger partial charge in [-0.2, -0.15) is 0 Å². The van der Waals surface area contributed by atoms with E-state index in [2.05, 4.69) is 5.16 Å². The lowest BCUT2D eigenvalue weighted by Crippen LogP contribution is -1.69. The number of fused-ring (bicyclic) bond motifs is 1. The van der Waals surface area contributed by atoms with Crippen LogP contribution in [0, 0.1) is 0 Å². The molecule has 2 heteroatoms. The van der Waals surface area contributed by atoms with Crippen molar-refractivity contribution in [2.75, 3.05) is 0 Å². The van der Waals surface area contributed by atoms with E-state index in [0.29, 0.717) is 0 Å². The Labute approximate surface area is 70.1 Å². The van der Waals surface area contributed by atoms with Gasteiger partial charge in [-0.05, 0) is 12.1 Å². The van der Waals surface area contributed by atoms with Crippen LogP contribution < -0.4 is 0 Å². The average Bonchev–Trinajstić information content (AvgIpc) is 2.06. The van der Waals surface area contributed by atoms with Crippen LogP contribution in [0.1, 0.15) is 0 Å². The highest BCUT2D eigenvalue weighted by molar-refractivity contribution is 5.75. The van der Waals surface area contributed by atoms with Gasteiger partial charge in [-0.3, -0.25) is 0 Å². The van der Waals surface area contributed by atoms with Crippen LogP contribution in [0.2, 0.25) is 0 Å². The molecule has 0 amide bonds. The van der Waals surface area contributed by atoms with Gasteiger partial charge in [0.15, 0.2) is 5.58 Å². The lowest BCUT2D eigenvalue weighted by Gasteiger charge is -1.90. The maximum absolute atomic E-state index is 5.24. The summed E-state index contributed by atoms with van der Waals surface area (Å²) in [6, 6.07) is 13.7. The SMILES string of the molecule is c1ccc2ccccc2o[nH]c1. The van der Waals surface area contributed by atoms with Crippen molar-refractivity contribution in [1.29, 1.82) is 0 Å². The van der Waals surface area contributed by atoms with Crippen LogP contribution in [-0.2, 0) is 0 Å². The molecule has 0 aliphatic rings. The fourth-order valence-electron chi connectivity index (χ4n) is 1.06. The van der Waals surface area contributed by atoms with Gasteiger partial charge in [0, 0.05) is 11.6 Å². The highest BCUT2D eigenvalue weighted by atomic mass is 16.5. The number of H-pyrrole nitrogens is 1. The minimum atomic E-state index is 0.845. The third kappa shape index (κ3) is 1.32. The van der Waals surface area contributed by atoms with Crippen LogP contribution in [-0.4, -0.2) is 5.16 Å². The molecule has 0 aliphatic heterocycles. The number of nitrogens with one attached hydrogen (secondary N) is 1. The molecular weight excluding hydrogens is 150 g/mol. The molecule has 0 saturated heterocycles. The topological polar surface area (TPSA) is 28.9 Å². The number of aromatic nitrogens is 1. The van der Waals surface area contributed by atoms with E-state index in [-0.39, 0.29) is 0 Å². The molecule has 0 unspecified atom stereocenters. The molecule has 1 aromatic heterocycles. The molecule has 0 radical (unpaired) electrons. The molecule has 1 N–H and O–H groups in total. The zero-order chi connectivity index (χ0) is 8.23. The quantitative estimate of drug-likeness (QED) is 0.629. The third-order valence-electron chi connectivity index (χ3n) is 1.64. The van der Waals surface area contributed by atoms with E-state index < -0.39 is 0 Å². The first-order valence-corrected chi connectivity index (χ1v) is 3.81. The van der Waals surface area contributed by atoms with E-state index >= 15 is 0 Å². The van der Waals surface area contributed by atoms with Crippen LogP contribution in [0.4, 0.5) is 0 Å². The fraction of sp³-hybridized carbons (Fsp3) is 0. The Balaban J connectivity index is 2.83. The number of para-hydroxylation sites is 1. The van der Waals surface area contributed by atoms with Crippen molar-refractivity contribution in [3.8, 4) is 0 Å². The molecule has 0 bridgehead atoms. The Bertz CT molecular complexity index is 372. The van der Waals surface area contributed by atoms with Crippen molar-refractivity contribution in [3.05, 3.63) is 48.7 Å². The predicted octanol–water partition coefficient (Wildman–Crippen LogP) is 2.89. The Morgan fingerprint density at radius 3 is 2.58 bits per heavy atom. The van der Waals surface area contributed by atoms with Crippen molar-refractivity contribution in [3.63, 3.8) is 0 Å². The first kappa shape index (κ1) is 6.98. The Morgan fingerprint density at radius 1 is 0.917 bits per heavy atom. The van der Waals surface area contributed by atoms with Gasteiger partial charge in [0.05, 0.1) is 0 Å². The molecule has 2 nitrogen and oxygen atoms in total. The zero-order valence-corrected chi connectivity index (χ0v) is 6.53. The second kappa shape index (κ2) is 3.13. The van der Waals surface area contributed by atoms with Crippen LogP contribution >= 0.6 is 0 Å². The lowest BCUT2D eigenvalue weighted by atomic mass is 10.2. The van der Waals surface area contributed by atoms with Crippen molar-refractivity contribution < 1.29 is 4.52 Å². The van der Waals surface area contributed by atoms with Gasteiger partial charge < -0.3 is 4.52 Å². The summed E-state index contributed by atoms with van der Waals surface area (Å²) in [6.07, 6.45) is 1.74. The van der Waals surface area contributed by atoms with Crippen LogP contribution in [0.3, 0.4) is 0 Å². The molecule has 2 aromatic rings. The van der Waals surface area contributed by atoms with Gasteiger partial charge in [0.2, 0.25) is 0 Å². The molecule has 0 saturated carbocycles. The largest absolute Gasteiger partial charge is 0.382 e. The van der Waals surface area contributed by atoms with Crippen molar-refractivity contribution in [2.45, 2.75) is 0 Å². The summed E-state index contributed by atoms with van der Waals surface area (Å²) in [6.45, 7) is 0. The molecule has 2 rings (SSSR count). The van der Waals surface area contributed by atoms with Crippen molar-refractivity contribution in [2.24, 2.45) is 0 Å². The van der Waals surface area contributed by atoms with Crippen LogP contribution in [0.15, 0.2) is 53.2 Å². The predicted molar refractivity (Wildman–Crippen MR) is 48.2 cm³/mol. The van der Waals surface area contributed by atoms with Gasteiger partial charge in [0.1, 0.15) is 0 Å². The van der Waals surface area contributed by atoms with E-state index in [1.165, 1.54) is 0 Å². The van der Waals surface area contributed by atoms with Gasteiger partial charge in [-0.1, -0.05) is 30.3 Å². The molecule has 0 atom stereocenters. The van der Waals surface area contributed by atoms with E-state index in [9.17, 15) is 0 Å². The smallest absolute Gasteiger partial charge is 0.162 e. The summed E-state index contributed by atoms with van der Waals surface area (Å²) >= 11 is 0. The fourth-order valence-corrected chi connectivity index (χ4v) is 1.06. The second-order valence-electron chi connectivity index (χ2n) is 2.48. The van der Waals surface area contributed by atoms with Gasteiger partial charge in [-0.25, -0.2) is 5.16 Å². The number of hydrogen-bond acceptors (Lipinski definition) is 1. The number of rotatable bonds is 0. The minimum Gasteiger partial charge on any atom is -0.382 e. The van der Waals surface area contributed by atoms with Gasteiger partial charge in [-0.15, -0.1) is 0 Å². The molecule has 0 fully saturated rings. The summed E-state index contributed by atoms with van der Waals surface area (Å²) in [5.41, 5.74) is 0.845. The molecule has 1 heterocycles. The van der Waals surface area contributed by atoms with E-state index in [1.54, 1.807) is 6.20 Å². The molecule has 0 aliphatic carbocycles. The maximum atomic E-state index is 5.24. The summed E-state index contributed by atoms with van der Waals surface area (Å²) in [4.78, 5) is 0. The first-order chi connectivity index (χ1) is 5.97. The zero-order valence-electron chi connectivity index (χ0n) is 6.53. The molecule has 12 heavy (non-hydrogen) atoms. The Hall–Kier alpha value is -1.70. The molecular formula is C10H9NO. The molecule has 0 spiro atoms. The Morgan fingerprint density at radius 2 is 1.67 bits per heavy atom. The summed E-state index contributed by atoms with van der Waals surface area (Å²) in [5.74, 6) is 0. The summed E-state index contributed by atoms with van der Waals surface area (Å²) in [7, 11) is 0. The van der Waals surface area contributed by atoms with E-state index in [4.69, 9.17) is 4.52 Å². The number of hydrogen-bond donors (Lipinski definition) is 1. The number of benzene rings is 1. The third-order valence-corrected chi connectivity index (χ3v) is 1.64. The van der Waals surface area contributed by atoms with Crippen molar-refractivity contribution >= 4 is 11.0 Å². The average molecular weight is 159 g/mol. The maximum Gasteiger partial charge on any atom is 0.162 e. The highest BCUT2D eigenvalue weighted by Crippen LogP contribution is 2.08. The molecule has 1 aromatic carbocycles. The minimum absolute atomic E-state index is 0.845. The van der Waals surface area contributed by atoms with Crippen LogP contribution in [0.25, 0.3) is 11.0 Å². The monoisotopic (exact) mass is 159 g/mol. The highest BCUT2D eigenvalue weighted by Gasteiger charge is 1.86. The van der Waals surface area contributed by atoms with E-state index in [1.807, 2.05) is 42.5 Å². The first-order valence-electron chi connectivity index (χ1n) is 3.81. The van der Waals surface area contributed by atoms with Gasteiger partial charge in [0.25, 0.3) is 0 Å². The molecule has 60 valence electrons. The normalized spacial score (nSPS) is 9.67. The second-order valence-corrected chi connectivity index (χ2v) is 2.48. The summed E-state index contributed by atoms with van der Waals surface area (Å²) in [5, 5.41) is 3.79. The van der Waals surface area contributed by atoms with Gasteiger partial charge >= 0.3 is 0 Å². The Kier molecular flexibility index (Phi) is 1.82. The van der Waals surface area contributed by atoms with Crippen molar-refractivity contribution in [1.82, 2.24) is 5.16 Å². The van der Waals surface area contributed by atoms with Crippen LogP contribution in [0.5, 0.6) is 0 Å².